The Kier molecular flexibility index (Phi) is 5.95. The van der Waals surface area contributed by atoms with E-state index in [4.69, 9.17) is 16.3 Å². The molecule has 23 heavy (non-hydrogen) atoms. The normalized spacial score (nSPS) is 10.0. The molecule has 0 atom stereocenters. The van der Waals surface area contributed by atoms with E-state index in [9.17, 15) is 14.0 Å². The van der Waals surface area contributed by atoms with Crippen LogP contribution in [0.5, 0.6) is 5.75 Å². The number of carbonyl (C=O) groups excluding carboxylic acids is 2. The van der Waals surface area contributed by atoms with Crippen molar-refractivity contribution in [3.05, 3.63) is 63.3 Å². The van der Waals surface area contributed by atoms with Crippen molar-refractivity contribution in [3.8, 4) is 5.75 Å². The molecule has 0 unspecified atom stereocenters. The Bertz CT molecular complexity index is 742. The highest BCUT2D eigenvalue weighted by molar-refractivity contribution is 9.10. The van der Waals surface area contributed by atoms with Gasteiger partial charge in [0.15, 0.2) is 6.61 Å². The summed E-state index contributed by atoms with van der Waals surface area (Å²) in [5.74, 6) is -1.41. The van der Waals surface area contributed by atoms with Gasteiger partial charge >= 0.3 is 0 Å². The zero-order chi connectivity index (χ0) is 16.8. The van der Waals surface area contributed by atoms with Crippen molar-refractivity contribution in [2.75, 3.05) is 6.61 Å². The van der Waals surface area contributed by atoms with Gasteiger partial charge in [-0.3, -0.25) is 20.4 Å². The number of ether oxygens (including phenoxy) is 1. The van der Waals surface area contributed by atoms with E-state index in [1.54, 1.807) is 24.3 Å². The van der Waals surface area contributed by atoms with Crippen LogP contribution in [0.3, 0.4) is 0 Å². The van der Waals surface area contributed by atoms with E-state index in [1.807, 2.05) is 0 Å². The highest BCUT2D eigenvalue weighted by Crippen LogP contribution is 2.24. The fraction of sp³-hybridized carbons (Fsp3) is 0.0667. The van der Waals surface area contributed by atoms with Crippen molar-refractivity contribution < 1.29 is 18.7 Å². The summed E-state index contributed by atoms with van der Waals surface area (Å²) in [6.07, 6.45) is 0. The van der Waals surface area contributed by atoms with Crippen molar-refractivity contribution >= 4 is 39.3 Å². The molecule has 2 N–H and O–H groups in total. The van der Waals surface area contributed by atoms with Crippen LogP contribution in [0.25, 0.3) is 0 Å². The molecule has 2 aromatic carbocycles. The van der Waals surface area contributed by atoms with Crippen LogP contribution in [0.2, 0.25) is 5.02 Å². The van der Waals surface area contributed by atoms with Gasteiger partial charge in [0.1, 0.15) is 11.6 Å². The molecule has 0 heterocycles. The van der Waals surface area contributed by atoms with Crippen LogP contribution in [0.1, 0.15) is 10.4 Å². The second kappa shape index (κ2) is 7.94. The number of hydrogen-bond acceptors (Lipinski definition) is 3. The summed E-state index contributed by atoms with van der Waals surface area (Å²) in [6, 6.07) is 10.3. The first-order valence-corrected chi connectivity index (χ1v) is 7.56. The molecule has 8 heteroatoms. The average molecular weight is 402 g/mol. The van der Waals surface area contributed by atoms with Gasteiger partial charge in [-0.15, -0.1) is 0 Å². The fourth-order valence-corrected chi connectivity index (χ4v) is 2.30. The number of halogens is 3. The van der Waals surface area contributed by atoms with Crippen LogP contribution in [0.4, 0.5) is 4.39 Å². The third-order valence-corrected chi connectivity index (χ3v) is 3.67. The minimum Gasteiger partial charge on any atom is -0.482 e. The molecule has 0 saturated heterocycles. The second-order valence-electron chi connectivity index (χ2n) is 4.35. The number of carbonyl (C=O) groups is 2. The Morgan fingerprint density at radius 2 is 1.91 bits per heavy atom. The van der Waals surface area contributed by atoms with E-state index in [0.717, 1.165) is 12.1 Å². The molecule has 0 aliphatic heterocycles. The van der Waals surface area contributed by atoms with Crippen LogP contribution in [-0.2, 0) is 4.79 Å². The summed E-state index contributed by atoms with van der Waals surface area (Å²) in [5.41, 5.74) is 4.84. The lowest BCUT2D eigenvalue weighted by Gasteiger charge is -2.10. The molecule has 0 aliphatic carbocycles. The quantitative estimate of drug-likeness (QED) is 0.774. The van der Waals surface area contributed by atoms with Gasteiger partial charge in [-0.2, -0.15) is 0 Å². The molecule has 0 bridgehead atoms. The Labute approximate surface area is 144 Å². The molecule has 0 fully saturated rings. The lowest BCUT2D eigenvalue weighted by Crippen LogP contribution is -2.43. The van der Waals surface area contributed by atoms with Gasteiger partial charge in [0.2, 0.25) is 0 Å². The van der Waals surface area contributed by atoms with Crippen molar-refractivity contribution in [3.63, 3.8) is 0 Å². The molecule has 0 aliphatic rings. The summed E-state index contributed by atoms with van der Waals surface area (Å²) in [5, 5.41) is 0.0510. The van der Waals surface area contributed by atoms with Crippen LogP contribution in [-0.4, -0.2) is 18.4 Å². The minimum atomic E-state index is -0.592. The SMILES string of the molecule is O=C(COc1ccc(F)cc1Cl)NNC(=O)c1ccccc1Br. The van der Waals surface area contributed by atoms with Crippen molar-refractivity contribution in [1.82, 2.24) is 10.9 Å². The first kappa shape index (κ1) is 17.2. The maximum absolute atomic E-state index is 12.9. The van der Waals surface area contributed by atoms with Gasteiger partial charge < -0.3 is 4.74 Å². The van der Waals surface area contributed by atoms with Crippen molar-refractivity contribution in [2.45, 2.75) is 0 Å². The molecule has 120 valence electrons. The standard InChI is InChI=1S/C15H11BrClFN2O3/c16-11-4-2-1-3-10(11)15(22)20-19-14(21)8-23-13-6-5-9(18)7-12(13)17/h1-7H,8H2,(H,19,21)(H,20,22). The summed E-state index contributed by atoms with van der Waals surface area (Å²) >= 11 is 9.00. The predicted molar refractivity (Wildman–Crippen MR) is 86.7 cm³/mol. The Morgan fingerprint density at radius 1 is 1.17 bits per heavy atom. The molecular formula is C15H11BrClFN2O3. The highest BCUT2D eigenvalue weighted by atomic mass is 79.9. The summed E-state index contributed by atoms with van der Waals surface area (Å²) in [6.45, 7) is -0.387. The van der Waals surface area contributed by atoms with Crippen LogP contribution in [0, 0.1) is 5.82 Å². The molecule has 0 saturated carbocycles. The zero-order valence-corrected chi connectivity index (χ0v) is 13.9. The van der Waals surface area contributed by atoms with Gasteiger partial charge in [0.05, 0.1) is 10.6 Å². The largest absolute Gasteiger partial charge is 0.482 e. The van der Waals surface area contributed by atoms with Crippen LogP contribution in [0.15, 0.2) is 46.9 Å². The van der Waals surface area contributed by atoms with Gasteiger partial charge in [0.25, 0.3) is 11.8 Å². The van der Waals surface area contributed by atoms with Gasteiger partial charge in [-0.1, -0.05) is 23.7 Å². The van der Waals surface area contributed by atoms with Crippen molar-refractivity contribution in [2.24, 2.45) is 0 Å². The summed E-state index contributed by atoms with van der Waals surface area (Å²) in [4.78, 5) is 23.5. The van der Waals surface area contributed by atoms with Crippen LogP contribution >= 0.6 is 27.5 Å². The fourth-order valence-electron chi connectivity index (χ4n) is 1.61. The third-order valence-electron chi connectivity index (χ3n) is 2.69. The predicted octanol–water partition coefficient (Wildman–Crippen LogP) is 3.08. The Morgan fingerprint density at radius 3 is 2.61 bits per heavy atom. The van der Waals surface area contributed by atoms with Crippen LogP contribution < -0.4 is 15.6 Å². The number of nitrogens with one attached hydrogen (secondary N) is 2. The number of hydrogen-bond donors (Lipinski definition) is 2. The maximum atomic E-state index is 12.9. The smallest absolute Gasteiger partial charge is 0.276 e. The van der Waals surface area contributed by atoms with Gasteiger partial charge in [-0.05, 0) is 46.3 Å². The second-order valence-corrected chi connectivity index (χ2v) is 5.61. The molecular weight excluding hydrogens is 391 g/mol. The Hall–Kier alpha value is -2.12. The van der Waals surface area contributed by atoms with Crippen molar-refractivity contribution in [1.29, 1.82) is 0 Å². The number of benzene rings is 2. The molecule has 2 amide bonds. The maximum Gasteiger partial charge on any atom is 0.276 e. The lowest BCUT2D eigenvalue weighted by atomic mass is 10.2. The molecule has 0 radical (unpaired) electrons. The molecule has 2 rings (SSSR count). The highest BCUT2D eigenvalue weighted by Gasteiger charge is 2.11. The molecule has 0 aromatic heterocycles. The molecule has 0 spiro atoms. The van der Waals surface area contributed by atoms with E-state index >= 15 is 0 Å². The van der Waals surface area contributed by atoms with E-state index in [1.165, 1.54) is 6.07 Å². The van der Waals surface area contributed by atoms with E-state index in [-0.39, 0.29) is 17.4 Å². The monoisotopic (exact) mass is 400 g/mol. The Balaban J connectivity index is 1.83. The summed E-state index contributed by atoms with van der Waals surface area (Å²) in [7, 11) is 0. The van der Waals surface area contributed by atoms with Gasteiger partial charge in [-0.25, -0.2) is 4.39 Å². The number of hydrazine groups is 1. The van der Waals surface area contributed by atoms with E-state index in [2.05, 4.69) is 26.8 Å². The van der Waals surface area contributed by atoms with E-state index < -0.39 is 17.6 Å². The molecule has 5 nitrogen and oxygen atoms in total. The topological polar surface area (TPSA) is 67.4 Å². The first-order valence-electron chi connectivity index (χ1n) is 6.39. The van der Waals surface area contributed by atoms with E-state index in [0.29, 0.717) is 10.0 Å². The number of rotatable bonds is 4. The lowest BCUT2D eigenvalue weighted by molar-refractivity contribution is -0.123. The summed E-state index contributed by atoms with van der Waals surface area (Å²) < 4.78 is 18.6. The average Bonchev–Trinajstić information content (AvgIpc) is 2.52. The third kappa shape index (κ3) is 4.94. The first-order chi connectivity index (χ1) is 11.0. The molecule has 2 aromatic rings. The number of amides is 2. The minimum absolute atomic E-state index is 0.0510. The zero-order valence-electron chi connectivity index (χ0n) is 11.6. The van der Waals surface area contributed by atoms with Gasteiger partial charge in [0, 0.05) is 4.47 Å².